The summed E-state index contributed by atoms with van der Waals surface area (Å²) in [5.41, 5.74) is 2.37. The van der Waals surface area contributed by atoms with Crippen LogP contribution in [0.4, 0.5) is 11.4 Å². The van der Waals surface area contributed by atoms with Crippen molar-refractivity contribution in [2.24, 2.45) is 0 Å². The third-order valence-corrected chi connectivity index (χ3v) is 6.02. The third kappa shape index (κ3) is 3.94. The van der Waals surface area contributed by atoms with Gasteiger partial charge < -0.3 is 14.4 Å². The zero-order valence-electron chi connectivity index (χ0n) is 15.2. The van der Waals surface area contributed by atoms with Gasteiger partial charge in [0.1, 0.15) is 5.75 Å². The summed E-state index contributed by atoms with van der Waals surface area (Å²) < 4.78 is 38.4. The monoisotopic (exact) mass is 376 g/mol. The lowest BCUT2D eigenvalue weighted by Gasteiger charge is -2.19. The molecule has 0 spiro atoms. The lowest BCUT2D eigenvalue weighted by Crippen LogP contribution is -2.22. The van der Waals surface area contributed by atoms with Crippen LogP contribution >= 0.6 is 0 Å². The predicted molar refractivity (Wildman–Crippen MR) is 103 cm³/mol. The summed E-state index contributed by atoms with van der Waals surface area (Å²) >= 11 is 0. The van der Waals surface area contributed by atoms with E-state index in [0.29, 0.717) is 11.4 Å². The molecule has 1 heterocycles. The van der Waals surface area contributed by atoms with E-state index >= 15 is 0 Å². The number of nitrogens with one attached hydrogen (secondary N) is 1. The average Bonchev–Trinajstić information content (AvgIpc) is 3.11. The van der Waals surface area contributed by atoms with E-state index in [4.69, 9.17) is 9.47 Å². The number of hydrogen-bond donors (Lipinski definition) is 1. The quantitative estimate of drug-likeness (QED) is 0.839. The SMILES string of the molecule is COc1ccc(S(=O)(=O)Nc2ccc(N3CCC(OC)C3)cc2)cc1C. The second-order valence-electron chi connectivity index (χ2n) is 6.38. The van der Waals surface area contributed by atoms with E-state index in [9.17, 15) is 8.42 Å². The summed E-state index contributed by atoms with van der Waals surface area (Å²) in [6.45, 7) is 3.61. The maximum Gasteiger partial charge on any atom is 0.261 e. The highest BCUT2D eigenvalue weighted by Crippen LogP contribution is 2.26. The smallest absolute Gasteiger partial charge is 0.261 e. The molecule has 0 amide bonds. The first-order valence-electron chi connectivity index (χ1n) is 8.48. The Morgan fingerprint density at radius 1 is 1.12 bits per heavy atom. The second kappa shape index (κ2) is 7.55. The van der Waals surface area contributed by atoms with Gasteiger partial charge in [-0.15, -0.1) is 0 Å². The number of hydrogen-bond acceptors (Lipinski definition) is 5. The molecule has 0 radical (unpaired) electrons. The van der Waals surface area contributed by atoms with E-state index in [1.807, 2.05) is 19.1 Å². The van der Waals surface area contributed by atoms with Crippen molar-refractivity contribution >= 4 is 21.4 Å². The molecule has 26 heavy (non-hydrogen) atoms. The van der Waals surface area contributed by atoms with E-state index in [2.05, 4.69) is 9.62 Å². The van der Waals surface area contributed by atoms with Gasteiger partial charge in [-0.05, 0) is 61.4 Å². The van der Waals surface area contributed by atoms with Crippen LogP contribution in [0.5, 0.6) is 5.75 Å². The van der Waals surface area contributed by atoms with Crippen LogP contribution in [0.3, 0.4) is 0 Å². The Morgan fingerprint density at radius 2 is 1.85 bits per heavy atom. The molecule has 1 N–H and O–H groups in total. The van der Waals surface area contributed by atoms with Crippen molar-refractivity contribution in [3.63, 3.8) is 0 Å². The molecule has 2 aromatic rings. The van der Waals surface area contributed by atoms with Gasteiger partial charge in [0.05, 0.1) is 18.1 Å². The summed E-state index contributed by atoms with van der Waals surface area (Å²) in [5.74, 6) is 0.660. The van der Waals surface area contributed by atoms with Gasteiger partial charge >= 0.3 is 0 Å². The number of ether oxygens (including phenoxy) is 2. The fourth-order valence-electron chi connectivity index (χ4n) is 3.13. The zero-order chi connectivity index (χ0) is 18.7. The lowest BCUT2D eigenvalue weighted by molar-refractivity contribution is 0.121. The number of aryl methyl sites for hydroxylation is 1. The Bertz CT molecular complexity index is 866. The molecule has 140 valence electrons. The van der Waals surface area contributed by atoms with Gasteiger partial charge in [0.15, 0.2) is 0 Å². The molecule has 1 saturated heterocycles. The molecule has 7 heteroatoms. The molecule has 0 saturated carbocycles. The van der Waals surface area contributed by atoms with E-state index in [1.54, 1.807) is 38.5 Å². The molecule has 1 unspecified atom stereocenters. The number of nitrogens with zero attached hydrogens (tertiary/aromatic N) is 1. The van der Waals surface area contributed by atoms with Crippen molar-refractivity contribution in [1.82, 2.24) is 0 Å². The van der Waals surface area contributed by atoms with Crippen molar-refractivity contribution in [2.75, 3.05) is 36.9 Å². The molecule has 1 aliphatic heterocycles. The van der Waals surface area contributed by atoms with Crippen LogP contribution in [0.15, 0.2) is 47.4 Å². The first kappa shape index (κ1) is 18.5. The lowest BCUT2D eigenvalue weighted by atomic mass is 10.2. The molecule has 0 aliphatic carbocycles. The number of sulfonamides is 1. The predicted octanol–water partition coefficient (Wildman–Crippen LogP) is 3.03. The number of rotatable bonds is 6. The molecule has 0 bridgehead atoms. The molecular weight excluding hydrogens is 352 g/mol. The van der Waals surface area contributed by atoms with Gasteiger partial charge in [-0.2, -0.15) is 0 Å². The van der Waals surface area contributed by atoms with Gasteiger partial charge in [0, 0.05) is 31.6 Å². The van der Waals surface area contributed by atoms with Crippen molar-refractivity contribution in [3.8, 4) is 5.75 Å². The van der Waals surface area contributed by atoms with Gasteiger partial charge in [-0.1, -0.05) is 0 Å². The van der Waals surface area contributed by atoms with Gasteiger partial charge in [0.25, 0.3) is 10.0 Å². The summed E-state index contributed by atoms with van der Waals surface area (Å²) in [6.07, 6.45) is 1.26. The third-order valence-electron chi connectivity index (χ3n) is 4.64. The Labute approximate surface area is 154 Å². The molecule has 1 fully saturated rings. The van der Waals surface area contributed by atoms with Crippen molar-refractivity contribution in [1.29, 1.82) is 0 Å². The molecule has 1 atom stereocenters. The van der Waals surface area contributed by atoms with Crippen LogP contribution in [-0.2, 0) is 14.8 Å². The van der Waals surface area contributed by atoms with Gasteiger partial charge in [-0.25, -0.2) is 8.42 Å². The van der Waals surface area contributed by atoms with Crippen molar-refractivity contribution < 1.29 is 17.9 Å². The van der Waals surface area contributed by atoms with Crippen molar-refractivity contribution in [2.45, 2.75) is 24.3 Å². The standard InChI is InChI=1S/C19H24N2O4S/c1-14-12-18(8-9-19(14)25-3)26(22,23)20-15-4-6-16(7-5-15)21-11-10-17(13-21)24-2/h4-9,12,17,20H,10-11,13H2,1-3H3. The Balaban J connectivity index is 1.73. The van der Waals surface area contributed by atoms with E-state index in [1.165, 1.54) is 6.07 Å². The number of benzene rings is 2. The minimum atomic E-state index is -3.64. The summed E-state index contributed by atoms with van der Waals surface area (Å²) in [6, 6.07) is 12.2. The molecule has 1 aliphatic rings. The Morgan fingerprint density at radius 3 is 2.42 bits per heavy atom. The van der Waals surface area contributed by atoms with Crippen LogP contribution < -0.4 is 14.4 Å². The number of anilines is 2. The van der Waals surface area contributed by atoms with Gasteiger partial charge in [0.2, 0.25) is 0 Å². The maximum absolute atomic E-state index is 12.6. The minimum Gasteiger partial charge on any atom is -0.496 e. The highest BCUT2D eigenvalue weighted by molar-refractivity contribution is 7.92. The largest absolute Gasteiger partial charge is 0.496 e. The van der Waals surface area contributed by atoms with Crippen LogP contribution in [0, 0.1) is 6.92 Å². The summed E-state index contributed by atoms with van der Waals surface area (Å²) in [4.78, 5) is 2.45. The van der Waals surface area contributed by atoms with Crippen LogP contribution in [-0.4, -0.2) is 41.8 Å². The average molecular weight is 376 g/mol. The first-order chi connectivity index (χ1) is 12.4. The minimum absolute atomic E-state index is 0.211. The molecular formula is C19H24N2O4S. The van der Waals surface area contributed by atoms with Gasteiger partial charge in [-0.3, -0.25) is 4.72 Å². The highest BCUT2D eigenvalue weighted by atomic mass is 32.2. The molecule has 2 aromatic carbocycles. The summed E-state index contributed by atoms with van der Waals surface area (Å²) in [5, 5.41) is 0. The molecule has 3 rings (SSSR count). The van der Waals surface area contributed by atoms with Crippen LogP contribution in [0.2, 0.25) is 0 Å². The van der Waals surface area contributed by atoms with E-state index in [0.717, 1.165) is 30.8 Å². The Hall–Kier alpha value is -2.25. The maximum atomic E-state index is 12.6. The Kier molecular flexibility index (Phi) is 5.38. The van der Waals surface area contributed by atoms with Crippen molar-refractivity contribution in [3.05, 3.63) is 48.0 Å². The molecule has 6 nitrogen and oxygen atoms in total. The summed E-state index contributed by atoms with van der Waals surface area (Å²) in [7, 11) is -0.354. The fraction of sp³-hybridized carbons (Fsp3) is 0.368. The van der Waals surface area contributed by atoms with E-state index in [-0.39, 0.29) is 11.0 Å². The number of methoxy groups -OCH3 is 2. The normalized spacial score (nSPS) is 17.3. The van der Waals surface area contributed by atoms with Crippen LogP contribution in [0.25, 0.3) is 0 Å². The van der Waals surface area contributed by atoms with Crippen LogP contribution in [0.1, 0.15) is 12.0 Å². The van der Waals surface area contributed by atoms with E-state index < -0.39 is 10.0 Å². The first-order valence-corrected chi connectivity index (χ1v) is 9.96. The zero-order valence-corrected chi connectivity index (χ0v) is 16.0. The molecule has 0 aromatic heterocycles. The topological polar surface area (TPSA) is 67.9 Å². The fourth-order valence-corrected chi connectivity index (χ4v) is 4.27. The second-order valence-corrected chi connectivity index (χ2v) is 8.06. The highest BCUT2D eigenvalue weighted by Gasteiger charge is 2.22.